The first kappa shape index (κ1) is 14.3. The molecule has 2 N–H and O–H groups in total. The molecule has 1 saturated carbocycles. The van der Waals surface area contributed by atoms with Crippen molar-refractivity contribution >= 4 is 11.8 Å². The summed E-state index contributed by atoms with van der Waals surface area (Å²) in [6.07, 6.45) is 2.67. The van der Waals surface area contributed by atoms with Gasteiger partial charge in [-0.15, -0.1) is 0 Å². The Labute approximate surface area is 113 Å². The van der Waals surface area contributed by atoms with Gasteiger partial charge in [-0.05, 0) is 18.8 Å². The minimum Gasteiger partial charge on any atom is -0.394 e. The van der Waals surface area contributed by atoms with Crippen molar-refractivity contribution in [1.82, 2.24) is 10.2 Å². The van der Waals surface area contributed by atoms with Crippen LogP contribution >= 0.6 is 0 Å². The molecule has 1 aliphatic carbocycles. The van der Waals surface area contributed by atoms with E-state index in [1.807, 2.05) is 0 Å². The molecule has 1 aliphatic heterocycles. The van der Waals surface area contributed by atoms with E-state index in [0.717, 1.165) is 6.54 Å². The van der Waals surface area contributed by atoms with Crippen LogP contribution in [0.1, 0.15) is 19.3 Å². The van der Waals surface area contributed by atoms with Crippen LogP contribution in [0.3, 0.4) is 0 Å². The van der Waals surface area contributed by atoms with Gasteiger partial charge in [-0.3, -0.25) is 9.59 Å². The van der Waals surface area contributed by atoms with Crippen LogP contribution in [0, 0.1) is 11.8 Å². The molecule has 0 aromatic carbocycles. The highest BCUT2D eigenvalue weighted by molar-refractivity contribution is 5.89. The molecule has 0 spiro atoms. The van der Waals surface area contributed by atoms with Crippen molar-refractivity contribution in [2.24, 2.45) is 11.8 Å². The fraction of sp³-hybridized carbons (Fsp3) is 0.846. The topological polar surface area (TPSA) is 78.9 Å². The number of nitrogens with one attached hydrogen (secondary N) is 1. The van der Waals surface area contributed by atoms with Crippen LogP contribution in [0.25, 0.3) is 0 Å². The number of methoxy groups -OCH3 is 1. The number of ether oxygens (including phenoxy) is 1. The summed E-state index contributed by atoms with van der Waals surface area (Å²) in [7, 11) is 1.52. The van der Waals surface area contributed by atoms with Gasteiger partial charge in [-0.25, -0.2) is 0 Å². The molecule has 108 valence electrons. The first-order chi connectivity index (χ1) is 9.13. The van der Waals surface area contributed by atoms with Gasteiger partial charge >= 0.3 is 0 Å². The number of carbonyl (C=O) groups is 2. The molecule has 1 saturated heterocycles. The highest BCUT2D eigenvalue weighted by Gasteiger charge is 2.37. The zero-order valence-corrected chi connectivity index (χ0v) is 11.3. The van der Waals surface area contributed by atoms with Gasteiger partial charge in [0.05, 0.1) is 25.2 Å². The molecule has 0 radical (unpaired) electrons. The van der Waals surface area contributed by atoms with E-state index in [0.29, 0.717) is 12.5 Å². The Bertz CT molecular complexity index is 344. The van der Waals surface area contributed by atoms with E-state index in [1.165, 1.54) is 20.0 Å². The maximum absolute atomic E-state index is 12.0. The summed E-state index contributed by atoms with van der Waals surface area (Å²) < 4.78 is 4.91. The predicted octanol–water partition coefficient (Wildman–Crippen LogP) is -0.632. The predicted molar refractivity (Wildman–Crippen MR) is 68.3 cm³/mol. The first-order valence-electron chi connectivity index (χ1n) is 6.82. The number of carbonyl (C=O) groups excluding carboxylic acids is 2. The minimum absolute atomic E-state index is 0.0688. The molecule has 2 aliphatic rings. The molecule has 2 amide bonds. The molecule has 1 heterocycles. The third-order valence-corrected chi connectivity index (χ3v) is 3.70. The second kappa shape index (κ2) is 6.34. The lowest BCUT2D eigenvalue weighted by Gasteiger charge is -2.19. The van der Waals surface area contributed by atoms with Crippen molar-refractivity contribution in [3.05, 3.63) is 0 Å². The van der Waals surface area contributed by atoms with Crippen molar-refractivity contribution in [3.8, 4) is 0 Å². The van der Waals surface area contributed by atoms with E-state index >= 15 is 0 Å². The molecule has 2 unspecified atom stereocenters. The molecule has 2 fully saturated rings. The summed E-state index contributed by atoms with van der Waals surface area (Å²) in [6.45, 7) is 1.41. The van der Waals surface area contributed by atoms with Gasteiger partial charge in [-0.2, -0.15) is 0 Å². The van der Waals surface area contributed by atoms with Crippen LogP contribution in [-0.4, -0.2) is 61.3 Å². The maximum atomic E-state index is 12.0. The molecule has 19 heavy (non-hydrogen) atoms. The molecule has 6 heteroatoms. The molecule has 6 nitrogen and oxygen atoms in total. The van der Waals surface area contributed by atoms with Gasteiger partial charge in [0, 0.05) is 26.6 Å². The Hall–Kier alpha value is -1.14. The van der Waals surface area contributed by atoms with E-state index in [4.69, 9.17) is 9.84 Å². The van der Waals surface area contributed by atoms with Crippen molar-refractivity contribution < 1.29 is 19.4 Å². The van der Waals surface area contributed by atoms with Crippen molar-refractivity contribution in [3.63, 3.8) is 0 Å². The normalized spacial score (nSPS) is 24.6. The Morgan fingerprint density at radius 1 is 1.58 bits per heavy atom. The SMILES string of the molecule is COCC(CO)NC(=O)C1CC(=O)N(CC2CC2)C1. The van der Waals surface area contributed by atoms with Gasteiger partial charge in [0.2, 0.25) is 11.8 Å². The third kappa shape index (κ3) is 3.91. The Morgan fingerprint density at radius 3 is 2.89 bits per heavy atom. The Kier molecular flexibility index (Phi) is 4.76. The number of aliphatic hydroxyl groups excluding tert-OH is 1. The highest BCUT2D eigenvalue weighted by Crippen LogP contribution is 2.31. The smallest absolute Gasteiger partial charge is 0.225 e. The average Bonchev–Trinajstić information content (AvgIpc) is 3.12. The maximum Gasteiger partial charge on any atom is 0.225 e. The second-order valence-electron chi connectivity index (χ2n) is 5.49. The van der Waals surface area contributed by atoms with E-state index in [2.05, 4.69) is 5.32 Å². The average molecular weight is 270 g/mol. The molecule has 2 rings (SSSR count). The highest BCUT2D eigenvalue weighted by atomic mass is 16.5. The monoisotopic (exact) mass is 270 g/mol. The lowest BCUT2D eigenvalue weighted by Crippen LogP contribution is -2.44. The summed E-state index contributed by atoms with van der Waals surface area (Å²) in [5.74, 6) is 0.253. The lowest BCUT2D eigenvalue weighted by atomic mass is 10.1. The molecule has 2 atom stereocenters. The quantitative estimate of drug-likeness (QED) is 0.645. The molecular formula is C13H22N2O4. The number of nitrogens with zero attached hydrogens (tertiary/aromatic N) is 1. The van der Waals surface area contributed by atoms with Gasteiger partial charge in [-0.1, -0.05) is 0 Å². The minimum atomic E-state index is -0.398. The number of hydrogen-bond donors (Lipinski definition) is 2. The molecule has 0 aromatic rings. The van der Waals surface area contributed by atoms with Crippen LogP contribution in [-0.2, 0) is 14.3 Å². The van der Waals surface area contributed by atoms with Gasteiger partial charge in [0.1, 0.15) is 0 Å². The van der Waals surface area contributed by atoms with Crippen LogP contribution in [0.5, 0.6) is 0 Å². The number of amides is 2. The van der Waals surface area contributed by atoms with Gasteiger partial charge in [0.15, 0.2) is 0 Å². The number of hydrogen-bond acceptors (Lipinski definition) is 4. The molecule has 0 aromatic heterocycles. The fourth-order valence-electron chi connectivity index (χ4n) is 2.40. The number of aliphatic hydroxyl groups is 1. The standard InChI is InChI=1S/C13H22N2O4/c1-19-8-11(7-16)14-13(18)10-4-12(17)15(6-10)5-9-2-3-9/h9-11,16H,2-8H2,1H3,(H,14,18). The van der Waals surface area contributed by atoms with Crippen LogP contribution in [0.4, 0.5) is 0 Å². The van der Waals surface area contributed by atoms with Gasteiger partial charge < -0.3 is 20.1 Å². The van der Waals surface area contributed by atoms with Crippen LogP contribution in [0.15, 0.2) is 0 Å². The molecular weight excluding hydrogens is 248 g/mol. The van der Waals surface area contributed by atoms with E-state index in [1.54, 1.807) is 4.90 Å². The summed E-state index contributed by atoms with van der Waals surface area (Å²) in [4.78, 5) is 25.6. The summed E-state index contributed by atoms with van der Waals surface area (Å²) >= 11 is 0. The zero-order chi connectivity index (χ0) is 13.8. The van der Waals surface area contributed by atoms with E-state index < -0.39 is 6.04 Å². The van der Waals surface area contributed by atoms with Crippen molar-refractivity contribution in [2.45, 2.75) is 25.3 Å². The Morgan fingerprint density at radius 2 is 2.32 bits per heavy atom. The fourth-order valence-corrected chi connectivity index (χ4v) is 2.40. The van der Waals surface area contributed by atoms with Crippen LogP contribution < -0.4 is 5.32 Å². The van der Waals surface area contributed by atoms with Crippen molar-refractivity contribution in [1.29, 1.82) is 0 Å². The summed E-state index contributed by atoms with van der Waals surface area (Å²) in [6, 6.07) is -0.398. The molecule has 0 bridgehead atoms. The summed E-state index contributed by atoms with van der Waals surface area (Å²) in [5.41, 5.74) is 0. The van der Waals surface area contributed by atoms with Gasteiger partial charge in [0.25, 0.3) is 0 Å². The number of rotatable bonds is 7. The third-order valence-electron chi connectivity index (χ3n) is 3.70. The summed E-state index contributed by atoms with van der Waals surface area (Å²) in [5, 5.41) is 11.8. The zero-order valence-electron chi connectivity index (χ0n) is 11.3. The van der Waals surface area contributed by atoms with Crippen LogP contribution in [0.2, 0.25) is 0 Å². The van der Waals surface area contributed by atoms with E-state index in [-0.39, 0.29) is 37.4 Å². The first-order valence-corrected chi connectivity index (χ1v) is 6.82. The Balaban J connectivity index is 1.80. The second-order valence-corrected chi connectivity index (χ2v) is 5.49. The lowest BCUT2D eigenvalue weighted by molar-refractivity contribution is -0.129. The van der Waals surface area contributed by atoms with E-state index in [9.17, 15) is 9.59 Å². The van der Waals surface area contributed by atoms with Crippen molar-refractivity contribution in [2.75, 3.05) is 33.4 Å². The number of likely N-dealkylation sites (tertiary alicyclic amines) is 1. The largest absolute Gasteiger partial charge is 0.394 e.